The van der Waals surface area contributed by atoms with Crippen LogP contribution in [0, 0.1) is 23.2 Å². The lowest BCUT2D eigenvalue weighted by molar-refractivity contribution is -0.140. The third-order valence-electron chi connectivity index (χ3n) is 7.45. The summed E-state index contributed by atoms with van der Waals surface area (Å²) in [7, 11) is 0. The first-order chi connectivity index (χ1) is 13.6. The third-order valence-corrected chi connectivity index (χ3v) is 7.45. The standard InChI is InChI=1S/C23H30N2O3/c26-21(24-14-18-4-3-7-28-18)19-5-1-2-6-20(19)25-22(27)23-11-15-8-16(12-23)10-17(9-15)13-23/h1-2,5-6,15-18H,3-4,7-14H2,(H,24,26)(H,25,27). The topological polar surface area (TPSA) is 67.4 Å². The Balaban J connectivity index is 1.29. The molecule has 2 N–H and O–H groups in total. The van der Waals surface area contributed by atoms with Crippen LogP contribution in [0.5, 0.6) is 0 Å². The number of nitrogens with one attached hydrogen (secondary N) is 2. The van der Waals surface area contributed by atoms with E-state index < -0.39 is 0 Å². The summed E-state index contributed by atoms with van der Waals surface area (Å²) in [4.78, 5) is 26.1. The van der Waals surface area contributed by atoms with Crippen LogP contribution in [0.2, 0.25) is 0 Å². The molecule has 1 aliphatic heterocycles. The smallest absolute Gasteiger partial charge is 0.253 e. The van der Waals surface area contributed by atoms with Gasteiger partial charge in [0.2, 0.25) is 5.91 Å². The average molecular weight is 383 g/mol. The Bertz CT molecular complexity index is 734. The maximum Gasteiger partial charge on any atom is 0.253 e. The Morgan fingerprint density at radius 1 is 1.04 bits per heavy atom. The molecule has 0 radical (unpaired) electrons. The van der Waals surface area contributed by atoms with Gasteiger partial charge in [0.15, 0.2) is 0 Å². The van der Waals surface area contributed by atoms with E-state index in [-0.39, 0.29) is 23.3 Å². The Kier molecular flexibility index (Phi) is 4.66. The van der Waals surface area contributed by atoms with Crippen LogP contribution in [-0.4, -0.2) is 31.1 Å². The lowest BCUT2D eigenvalue weighted by atomic mass is 9.49. The first-order valence-corrected chi connectivity index (χ1v) is 10.9. The molecule has 1 aromatic carbocycles. The highest BCUT2D eigenvalue weighted by Crippen LogP contribution is 2.60. The van der Waals surface area contributed by atoms with Crippen molar-refractivity contribution >= 4 is 17.5 Å². The second-order valence-corrected chi connectivity index (χ2v) is 9.54. The summed E-state index contributed by atoms with van der Waals surface area (Å²) < 4.78 is 5.59. The van der Waals surface area contributed by atoms with E-state index in [0.29, 0.717) is 17.8 Å². The molecule has 28 heavy (non-hydrogen) atoms. The number of benzene rings is 1. The number of para-hydroxylation sites is 1. The van der Waals surface area contributed by atoms with Crippen LogP contribution in [0.25, 0.3) is 0 Å². The summed E-state index contributed by atoms with van der Waals surface area (Å²) in [6.07, 6.45) is 9.17. The molecule has 0 spiro atoms. The van der Waals surface area contributed by atoms with Crippen LogP contribution < -0.4 is 10.6 Å². The van der Waals surface area contributed by atoms with Gasteiger partial charge in [-0.25, -0.2) is 0 Å². The van der Waals surface area contributed by atoms with Crippen LogP contribution in [0.4, 0.5) is 5.69 Å². The summed E-state index contributed by atoms with van der Waals surface area (Å²) >= 11 is 0. The molecule has 1 unspecified atom stereocenters. The SMILES string of the molecule is O=C(NCC1CCCO1)c1ccccc1NC(=O)C12CC3CC(CC(C3)C1)C2. The Morgan fingerprint density at radius 3 is 2.36 bits per heavy atom. The largest absolute Gasteiger partial charge is 0.376 e. The highest BCUT2D eigenvalue weighted by atomic mass is 16.5. The van der Waals surface area contributed by atoms with Gasteiger partial charge in [0, 0.05) is 13.2 Å². The van der Waals surface area contributed by atoms with E-state index >= 15 is 0 Å². The molecule has 150 valence electrons. The zero-order valence-corrected chi connectivity index (χ0v) is 16.4. The Hall–Kier alpha value is -1.88. The predicted octanol–water partition coefficient (Wildman–Crippen LogP) is 3.75. The summed E-state index contributed by atoms with van der Waals surface area (Å²) in [5.41, 5.74) is 0.961. The number of rotatable bonds is 5. The van der Waals surface area contributed by atoms with Gasteiger partial charge in [0.1, 0.15) is 0 Å². The van der Waals surface area contributed by atoms with Crippen molar-refractivity contribution in [3.05, 3.63) is 29.8 Å². The molecule has 4 bridgehead atoms. The molecule has 5 heteroatoms. The molecule has 1 heterocycles. The maximum atomic E-state index is 13.3. The second-order valence-electron chi connectivity index (χ2n) is 9.54. The van der Waals surface area contributed by atoms with Gasteiger partial charge >= 0.3 is 0 Å². The first kappa shape index (κ1) is 18.2. The zero-order valence-electron chi connectivity index (χ0n) is 16.4. The van der Waals surface area contributed by atoms with Crippen molar-refractivity contribution in [1.29, 1.82) is 0 Å². The molecule has 5 aliphatic rings. The summed E-state index contributed by atoms with van der Waals surface area (Å²) in [6.45, 7) is 1.30. The van der Waals surface area contributed by atoms with Gasteiger partial charge in [-0.3, -0.25) is 9.59 Å². The van der Waals surface area contributed by atoms with Crippen molar-refractivity contribution in [2.75, 3.05) is 18.5 Å². The van der Waals surface area contributed by atoms with Crippen molar-refractivity contribution in [3.63, 3.8) is 0 Å². The molecule has 2 amide bonds. The van der Waals surface area contributed by atoms with E-state index in [1.54, 1.807) is 6.07 Å². The van der Waals surface area contributed by atoms with E-state index in [4.69, 9.17) is 4.74 Å². The fourth-order valence-electron chi connectivity index (χ4n) is 6.54. The maximum absolute atomic E-state index is 13.3. The molecule has 5 nitrogen and oxygen atoms in total. The molecule has 5 fully saturated rings. The molecule has 1 saturated heterocycles. The predicted molar refractivity (Wildman–Crippen MR) is 107 cm³/mol. The van der Waals surface area contributed by atoms with Crippen molar-refractivity contribution in [2.24, 2.45) is 23.2 Å². The van der Waals surface area contributed by atoms with E-state index in [2.05, 4.69) is 10.6 Å². The first-order valence-electron chi connectivity index (χ1n) is 10.9. The number of carbonyl (C=O) groups excluding carboxylic acids is 2. The number of hydrogen-bond acceptors (Lipinski definition) is 3. The second kappa shape index (κ2) is 7.18. The monoisotopic (exact) mass is 382 g/mol. The molecular formula is C23H30N2O3. The summed E-state index contributed by atoms with van der Waals surface area (Å²) in [6, 6.07) is 7.37. The number of ether oxygens (including phenoxy) is 1. The van der Waals surface area contributed by atoms with Gasteiger partial charge in [-0.15, -0.1) is 0 Å². The van der Waals surface area contributed by atoms with E-state index in [1.165, 1.54) is 19.3 Å². The van der Waals surface area contributed by atoms with Gasteiger partial charge in [-0.05, 0) is 81.3 Å². The molecule has 4 aliphatic carbocycles. The minimum absolute atomic E-state index is 0.109. The van der Waals surface area contributed by atoms with Gasteiger partial charge in [0.25, 0.3) is 5.91 Å². The van der Waals surface area contributed by atoms with Crippen LogP contribution in [-0.2, 0) is 9.53 Å². The lowest BCUT2D eigenvalue weighted by Gasteiger charge is -2.55. The Morgan fingerprint density at radius 2 is 1.71 bits per heavy atom. The molecule has 0 aromatic heterocycles. The van der Waals surface area contributed by atoms with Crippen LogP contribution in [0.15, 0.2) is 24.3 Å². The molecule has 1 aromatic rings. The van der Waals surface area contributed by atoms with Crippen molar-refractivity contribution < 1.29 is 14.3 Å². The number of amides is 2. The van der Waals surface area contributed by atoms with Gasteiger partial charge in [-0.2, -0.15) is 0 Å². The number of hydrogen-bond donors (Lipinski definition) is 2. The molecular weight excluding hydrogens is 352 g/mol. The van der Waals surface area contributed by atoms with Crippen molar-refractivity contribution in [1.82, 2.24) is 5.32 Å². The van der Waals surface area contributed by atoms with Crippen LogP contribution in [0.1, 0.15) is 61.7 Å². The fraction of sp³-hybridized carbons (Fsp3) is 0.652. The van der Waals surface area contributed by atoms with Gasteiger partial charge < -0.3 is 15.4 Å². The Labute approximate surface area is 166 Å². The average Bonchev–Trinajstić information content (AvgIpc) is 3.19. The molecule has 1 atom stereocenters. The van der Waals surface area contributed by atoms with Crippen molar-refractivity contribution in [2.45, 2.75) is 57.5 Å². The van der Waals surface area contributed by atoms with Crippen molar-refractivity contribution in [3.8, 4) is 0 Å². The minimum Gasteiger partial charge on any atom is -0.376 e. The minimum atomic E-state index is -0.212. The number of anilines is 1. The highest BCUT2D eigenvalue weighted by molar-refractivity contribution is 6.05. The van der Waals surface area contributed by atoms with E-state index in [1.807, 2.05) is 18.2 Å². The summed E-state index contributed by atoms with van der Waals surface area (Å²) in [5, 5.41) is 6.12. The van der Waals surface area contributed by atoms with E-state index in [9.17, 15) is 9.59 Å². The zero-order chi connectivity index (χ0) is 19.1. The normalized spacial score (nSPS) is 35.7. The van der Waals surface area contributed by atoms with Crippen LogP contribution in [0.3, 0.4) is 0 Å². The number of carbonyl (C=O) groups is 2. The van der Waals surface area contributed by atoms with Gasteiger partial charge in [-0.1, -0.05) is 12.1 Å². The molecule has 4 saturated carbocycles. The third kappa shape index (κ3) is 3.34. The lowest BCUT2D eigenvalue weighted by Crippen LogP contribution is -2.51. The fourth-order valence-corrected chi connectivity index (χ4v) is 6.54. The quantitative estimate of drug-likeness (QED) is 0.815. The summed E-state index contributed by atoms with van der Waals surface area (Å²) in [5.74, 6) is 2.16. The van der Waals surface area contributed by atoms with Gasteiger partial charge in [0.05, 0.1) is 22.8 Å². The molecule has 6 rings (SSSR count). The highest BCUT2D eigenvalue weighted by Gasteiger charge is 2.54. The van der Waals surface area contributed by atoms with E-state index in [0.717, 1.165) is 56.5 Å². The van der Waals surface area contributed by atoms with Crippen LogP contribution >= 0.6 is 0 Å².